The normalized spacial score (nSPS) is 12.3. The highest BCUT2D eigenvalue weighted by Gasteiger charge is 2.09. The van der Waals surface area contributed by atoms with Gasteiger partial charge in [-0.15, -0.1) is 11.3 Å². The molecule has 2 aromatic heterocycles. The Bertz CT molecular complexity index is 684. The first kappa shape index (κ1) is 15.0. The number of thiophene rings is 1. The van der Waals surface area contributed by atoms with Gasteiger partial charge in [-0.25, -0.2) is 4.98 Å². The van der Waals surface area contributed by atoms with Crippen LogP contribution in [0.2, 0.25) is 0 Å². The highest BCUT2D eigenvalue weighted by Crippen LogP contribution is 2.16. The summed E-state index contributed by atoms with van der Waals surface area (Å²) in [6, 6.07) is 3.97. The van der Waals surface area contributed by atoms with Crippen LogP contribution >= 0.6 is 11.3 Å². The number of rotatable bonds is 6. The predicted octanol–water partition coefficient (Wildman–Crippen LogP) is 2.73. The van der Waals surface area contributed by atoms with Crippen LogP contribution in [-0.2, 0) is 20.7 Å². The Labute approximate surface area is 122 Å². The molecular formula is C13H15NO4S2. The molecule has 2 heterocycles. The molecule has 0 aliphatic rings. The van der Waals surface area contributed by atoms with Crippen LogP contribution in [0.15, 0.2) is 21.9 Å². The molecule has 20 heavy (non-hydrogen) atoms. The fraction of sp³-hybridized carbons (Fsp3) is 0.308. The van der Waals surface area contributed by atoms with Gasteiger partial charge in [0.05, 0.1) is 18.6 Å². The molecule has 0 N–H and O–H groups in total. The van der Waals surface area contributed by atoms with Crippen LogP contribution in [0, 0.1) is 6.92 Å². The first-order valence-electron chi connectivity index (χ1n) is 5.96. The minimum Gasteiger partial charge on any atom is -0.442 e. The molecule has 0 amide bonds. The van der Waals surface area contributed by atoms with E-state index in [0.29, 0.717) is 23.8 Å². The molecule has 0 aliphatic carbocycles. The Hall–Kier alpha value is -1.44. The van der Waals surface area contributed by atoms with Crippen molar-refractivity contribution in [2.24, 2.45) is 0 Å². The lowest BCUT2D eigenvalue weighted by molar-refractivity contribution is 0.324. The summed E-state index contributed by atoms with van der Waals surface area (Å²) in [5.74, 6) is 1.18. The van der Waals surface area contributed by atoms with E-state index < -0.39 is 10.1 Å². The first-order valence-corrected chi connectivity index (χ1v) is 8.66. The number of oxazole rings is 1. The zero-order valence-electron chi connectivity index (χ0n) is 11.2. The molecule has 5 nitrogen and oxygen atoms in total. The summed E-state index contributed by atoms with van der Waals surface area (Å²) in [4.78, 5) is 5.42. The average molecular weight is 313 g/mol. The van der Waals surface area contributed by atoms with Gasteiger partial charge in [0, 0.05) is 17.4 Å². The van der Waals surface area contributed by atoms with Crippen LogP contribution in [0.1, 0.15) is 22.2 Å². The number of hydrogen-bond acceptors (Lipinski definition) is 6. The third-order valence-corrected chi connectivity index (χ3v) is 3.91. The van der Waals surface area contributed by atoms with Crippen molar-refractivity contribution in [3.05, 3.63) is 39.7 Å². The fourth-order valence-corrected chi connectivity index (χ4v) is 2.59. The number of nitrogens with zero attached hydrogens (tertiary/aromatic N) is 1. The molecule has 0 atom stereocenters. The number of hydrogen-bond donors (Lipinski definition) is 0. The van der Waals surface area contributed by atoms with E-state index in [0.717, 1.165) is 11.1 Å². The molecule has 0 bridgehead atoms. The molecule has 2 aromatic rings. The van der Waals surface area contributed by atoms with E-state index in [-0.39, 0.29) is 6.61 Å². The second-order valence-corrected chi connectivity index (χ2v) is 6.80. The monoisotopic (exact) mass is 313 g/mol. The van der Waals surface area contributed by atoms with Crippen molar-refractivity contribution >= 4 is 33.6 Å². The molecule has 7 heteroatoms. The highest BCUT2D eigenvalue weighted by molar-refractivity contribution is 7.85. The minimum absolute atomic E-state index is 0.0697. The quantitative estimate of drug-likeness (QED) is 0.767. The van der Waals surface area contributed by atoms with E-state index in [1.165, 1.54) is 0 Å². The van der Waals surface area contributed by atoms with Gasteiger partial charge in [-0.05, 0) is 24.4 Å². The third kappa shape index (κ3) is 4.59. The fourth-order valence-electron chi connectivity index (χ4n) is 1.58. The lowest BCUT2D eigenvalue weighted by Gasteiger charge is -1.98. The van der Waals surface area contributed by atoms with E-state index >= 15 is 0 Å². The van der Waals surface area contributed by atoms with Gasteiger partial charge in [-0.2, -0.15) is 8.42 Å². The van der Waals surface area contributed by atoms with Crippen LogP contribution in [0.5, 0.6) is 0 Å². The van der Waals surface area contributed by atoms with Crippen LogP contribution in [0.4, 0.5) is 0 Å². The molecule has 0 aromatic carbocycles. The molecule has 0 saturated carbocycles. The number of aryl methyl sites for hydroxylation is 1. The van der Waals surface area contributed by atoms with Crippen molar-refractivity contribution in [2.75, 3.05) is 12.9 Å². The minimum atomic E-state index is -3.41. The molecule has 2 rings (SSSR count). The van der Waals surface area contributed by atoms with Crippen molar-refractivity contribution in [2.45, 2.75) is 13.3 Å². The molecule has 0 saturated heterocycles. The zero-order chi connectivity index (χ0) is 14.6. The largest absolute Gasteiger partial charge is 0.442 e. The summed E-state index contributed by atoms with van der Waals surface area (Å²) in [5.41, 5.74) is 0.708. The van der Waals surface area contributed by atoms with Crippen molar-refractivity contribution < 1.29 is 17.0 Å². The van der Waals surface area contributed by atoms with E-state index in [9.17, 15) is 8.42 Å². The van der Waals surface area contributed by atoms with Gasteiger partial charge in [-0.1, -0.05) is 6.07 Å². The van der Waals surface area contributed by atoms with Crippen molar-refractivity contribution in [1.29, 1.82) is 0 Å². The van der Waals surface area contributed by atoms with Crippen LogP contribution in [0.3, 0.4) is 0 Å². The Morgan fingerprint density at radius 1 is 1.45 bits per heavy atom. The highest BCUT2D eigenvalue weighted by atomic mass is 32.2. The van der Waals surface area contributed by atoms with Crippen molar-refractivity contribution in [3.8, 4) is 0 Å². The van der Waals surface area contributed by atoms with Crippen LogP contribution in [0.25, 0.3) is 12.2 Å². The lowest BCUT2D eigenvalue weighted by atomic mass is 10.3. The molecule has 0 unspecified atom stereocenters. The van der Waals surface area contributed by atoms with Crippen LogP contribution in [-0.4, -0.2) is 26.3 Å². The summed E-state index contributed by atoms with van der Waals surface area (Å²) >= 11 is 1.63. The molecule has 0 fully saturated rings. The Kier molecular flexibility index (Phi) is 4.74. The van der Waals surface area contributed by atoms with Crippen LogP contribution < -0.4 is 0 Å². The second kappa shape index (κ2) is 6.34. The topological polar surface area (TPSA) is 69.4 Å². The van der Waals surface area contributed by atoms with Gasteiger partial charge < -0.3 is 4.42 Å². The lowest BCUT2D eigenvalue weighted by Crippen LogP contribution is -2.06. The van der Waals surface area contributed by atoms with Gasteiger partial charge in [0.15, 0.2) is 0 Å². The molecule has 0 aliphatic heterocycles. The van der Waals surface area contributed by atoms with Gasteiger partial charge in [-0.3, -0.25) is 4.18 Å². The van der Waals surface area contributed by atoms with Gasteiger partial charge >= 0.3 is 0 Å². The SMILES string of the molecule is Cc1oc(C=Cc2cccs2)nc1CCOS(C)(=O)=O. The van der Waals surface area contributed by atoms with Crippen molar-refractivity contribution in [1.82, 2.24) is 4.98 Å². The summed E-state index contributed by atoms with van der Waals surface area (Å²) in [6.07, 6.45) is 5.14. The first-order chi connectivity index (χ1) is 9.44. The summed E-state index contributed by atoms with van der Waals surface area (Å²) in [5, 5.41) is 1.99. The Balaban J connectivity index is 1.98. The Morgan fingerprint density at radius 2 is 2.25 bits per heavy atom. The van der Waals surface area contributed by atoms with E-state index in [1.54, 1.807) is 24.3 Å². The molecule has 108 valence electrons. The molecule has 0 spiro atoms. The van der Waals surface area contributed by atoms with Crippen molar-refractivity contribution in [3.63, 3.8) is 0 Å². The predicted molar refractivity (Wildman–Crippen MR) is 79.0 cm³/mol. The molecular weight excluding hydrogens is 298 g/mol. The van der Waals surface area contributed by atoms with E-state index in [2.05, 4.69) is 4.98 Å². The number of aromatic nitrogens is 1. The maximum atomic E-state index is 10.9. The average Bonchev–Trinajstić information content (AvgIpc) is 2.95. The maximum absolute atomic E-state index is 10.9. The smallest absolute Gasteiger partial charge is 0.264 e. The zero-order valence-corrected chi connectivity index (χ0v) is 12.8. The summed E-state index contributed by atoms with van der Waals surface area (Å²) in [6.45, 7) is 1.87. The van der Waals surface area contributed by atoms with E-state index in [4.69, 9.17) is 8.60 Å². The summed E-state index contributed by atoms with van der Waals surface area (Å²) in [7, 11) is -3.41. The van der Waals surface area contributed by atoms with Gasteiger partial charge in [0.2, 0.25) is 5.89 Å². The molecule has 0 radical (unpaired) electrons. The van der Waals surface area contributed by atoms with E-state index in [1.807, 2.05) is 23.6 Å². The maximum Gasteiger partial charge on any atom is 0.264 e. The van der Waals surface area contributed by atoms with Gasteiger partial charge in [0.25, 0.3) is 10.1 Å². The standard InChI is InChI=1S/C13H15NO4S2/c1-10-12(7-8-17-20(2,15)16)14-13(18-10)6-5-11-4-3-9-19-11/h3-6,9H,7-8H2,1-2H3. The van der Waals surface area contributed by atoms with Gasteiger partial charge in [0.1, 0.15) is 5.76 Å². The third-order valence-electron chi connectivity index (χ3n) is 2.48. The second-order valence-electron chi connectivity index (χ2n) is 4.18. The summed E-state index contributed by atoms with van der Waals surface area (Å²) < 4.78 is 31.9. The Morgan fingerprint density at radius 3 is 2.90 bits per heavy atom.